The van der Waals surface area contributed by atoms with Crippen LogP contribution in [0.1, 0.15) is 5.56 Å². The number of rotatable bonds is 2. The predicted octanol–water partition coefficient (Wildman–Crippen LogP) is -0.390. The second-order valence-corrected chi connectivity index (χ2v) is 3.43. The molecule has 0 saturated carbocycles. The highest BCUT2D eigenvalue weighted by molar-refractivity contribution is 5.90. The Morgan fingerprint density at radius 3 is 2.88 bits per heavy atom. The van der Waals surface area contributed by atoms with Gasteiger partial charge in [0.1, 0.15) is 0 Å². The minimum atomic E-state index is -1.42. The van der Waals surface area contributed by atoms with E-state index in [1.165, 1.54) is 24.5 Å². The van der Waals surface area contributed by atoms with Gasteiger partial charge in [0.25, 0.3) is 5.69 Å². The number of hydrogen-bond donors (Lipinski definition) is 3. The fraction of sp³-hybridized carbons (Fsp3) is 0.111. The standard InChI is InChI=1S/C9H10N6O2/c10-8-12-5-13-9(11,14-8)6-2-1-3-7(4-6)15(16)17/h1-5H,11H2,(H3,10,12,13,14). The number of nitro groups is 1. The molecule has 8 heteroatoms. The Balaban J connectivity index is 2.46. The second-order valence-electron chi connectivity index (χ2n) is 3.43. The molecule has 1 aromatic rings. The Labute approximate surface area is 96.2 Å². The Morgan fingerprint density at radius 2 is 2.24 bits per heavy atom. The van der Waals surface area contributed by atoms with Gasteiger partial charge in [0.15, 0.2) is 5.96 Å². The van der Waals surface area contributed by atoms with Gasteiger partial charge in [-0.1, -0.05) is 12.1 Å². The summed E-state index contributed by atoms with van der Waals surface area (Å²) in [5, 5.41) is 13.2. The number of nitro benzene ring substituents is 1. The Kier molecular flexibility index (Phi) is 2.48. The molecule has 2 rings (SSSR count). The molecule has 0 spiro atoms. The van der Waals surface area contributed by atoms with E-state index in [0.29, 0.717) is 5.56 Å². The zero-order chi connectivity index (χ0) is 12.5. The summed E-state index contributed by atoms with van der Waals surface area (Å²) in [6, 6.07) is 5.81. The third kappa shape index (κ3) is 2.06. The van der Waals surface area contributed by atoms with Crippen molar-refractivity contribution in [3.05, 3.63) is 39.9 Å². The molecule has 1 aliphatic heterocycles. The van der Waals surface area contributed by atoms with Crippen molar-refractivity contribution in [3.8, 4) is 0 Å². The first-order valence-electron chi connectivity index (χ1n) is 4.71. The van der Waals surface area contributed by atoms with Gasteiger partial charge < -0.3 is 11.1 Å². The smallest absolute Gasteiger partial charge is 0.269 e. The molecule has 5 N–H and O–H groups in total. The quantitative estimate of drug-likeness (QED) is 0.473. The monoisotopic (exact) mass is 234 g/mol. The van der Waals surface area contributed by atoms with Gasteiger partial charge in [-0.05, 0) is 0 Å². The van der Waals surface area contributed by atoms with Crippen molar-refractivity contribution in [2.24, 2.45) is 21.5 Å². The molecule has 1 aliphatic rings. The number of guanidine groups is 1. The maximum Gasteiger partial charge on any atom is 0.269 e. The molecule has 1 heterocycles. The molecule has 0 amide bonds. The van der Waals surface area contributed by atoms with Gasteiger partial charge in [-0.2, -0.15) is 0 Å². The summed E-state index contributed by atoms with van der Waals surface area (Å²) in [7, 11) is 0. The lowest BCUT2D eigenvalue weighted by molar-refractivity contribution is -0.385. The molecule has 1 unspecified atom stereocenters. The highest BCUT2D eigenvalue weighted by atomic mass is 16.6. The third-order valence-electron chi connectivity index (χ3n) is 2.25. The number of hydrogen-bond acceptors (Lipinski definition) is 7. The van der Waals surface area contributed by atoms with E-state index in [1.807, 2.05) is 0 Å². The van der Waals surface area contributed by atoms with E-state index in [2.05, 4.69) is 15.3 Å². The molecule has 0 saturated heterocycles. The Morgan fingerprint density at radius 1 is 1.47 bits per heavy atom. The molecule has 8 nitrogen and oxygen atoms in total. The molecular weight excluding hydrogens is 224 g/mol. The molecule has 1 aromatic carbocycles. The van der Waals surface area contributed by atoms with E-state index in [0.717, 1.165) is 0 Å². The van der Waals surface area contributed by atoms with Crippen LogP contribution in [0.15, 0.2) is 34.3 Å². The lowest BCUT2D eigenvalue weighted by Crippen LogP contribution is -2.44. The normalized spacial score (nSPS) is 22.8. The summed E-state index contributed by atoms with van der Waals surface area (Å²) >= 11 is 0. The highest BCUT2D eigenvalue weighted by Crippen LogP contribution is 2.25. The molecule has 17 heavy (non-hydrogen) atoms. The molecule has 1 atom stereocenters. The summed E-state index contributed by atoms with van der Waals surface area (Å²) in [6.45, 7) is 0. The van der Waals surface area contributed by atoms with Crippen molar-refractivity contribution >= 4 is 18.0 Å². The summed E-state index contributed by atoms with van der Waals surface area (Å²) < 4.78 is 0. The average molecular weight is 234 g/mol. The number of aliphatic imine (C=N–C) groups is 2. The second kappa shape index (κ2) is 3.83. The maximum absolute atomic E-state index is 10.7. The topological polar surface area (TPSA) is 132 Å². The zero-order valence-electron chi connectivity index (χ0n) is 8.70. The van der Waals surface area contributed by atoms with Crippen molar-refractivity contribution in [1.82, 2.24) is 5.32 Å². The summed E-state index contributed by atoms with van der Waals surface area (Å²) in [5.41, 5.74) is 11.7. The van der Waals surface area contributed by atoms with Crippen molar-refractivity contribution in [2.45, 2.75) is 5.79 Å². The third-order valence-corrected chi connectivity index (χ3v) is 2.25. The largest absolute Gasteiger partial charge is 0.370 e. The van der Waals surface area contributed by atoms with E-state index >= 15 is 0 Å². The molecule has 0 bridgehead atoms. The van der Waals surface area contributed by atoms with Gasteiger partial charge in [0.05, 0.1) is 11.3 Å². The van der Waals surface area contributed by atoms with Crippen LogP contribution >= 0.6 is 0 Å². The van der Waals surface area contributed by atoms with Gasteiger partial charge in [0, 0.05) is 17.7 Å². The van der Waals surface area contributed by atoms with Crippen molar-refractivity contribution in [2.75, 3.05) is 0 Å². The SMILES string of the molecule is NC1=NC(N)(c2cccc([N+](=O)[O-])c2)N=CN1. The molecule has 0 aromatic heterocycles. The lowest BCUT2D eigenvalue weighted by atomic mass is 10.1. The minimum absolute atomic E-state index is 0.0742. The van der Waals surface area contributed by atoms with Gasteiger partial charge in [-0.3, -0.25) is 15.8 Å². The van der Waals surface area contributed by atoms with E-state index in [4.69, 9.17) is 11.5 Å². The van der Waals surface area contributed by atoms with Crippen LogP contribution in [0.25, 0.3) is 0 Å². The van der Waals surface area contributed by atoms with Gasteiger partial charge >= 0.3 is 0 Å². The van der Waals surface area contributed by atoms with Crippen LogP contribution in [0.4, 0.5) is 5.69 Å². The van der Waals surface area contributed by atoms with Gasteiger partial charge in [0.2, 0.25) is 5.79 Å². The number of non-ortho nitro benzene ring substituents is 1. The maximum atomic E-state index is 10.7. The van der Waals surface area contributed by atoms with E-state index < -0.39 is 10.7 Å². The molecular formula is C9H10N6O2. The van der Waals surface area contributed by atoms with Crippen molar-refractivity contribution in [3.63, 3.8) is 0 Å². The lowest BCUT2D eigenvalue weighted by Gasteiger charge is -2.24. The van der Waals surface area contributed by atoms with Gasteiger partial charge in [-0.15, -0.1) is 0 Å². The van der Waals surface area contributed by atoms with Crippen molar-refractivity contribution in [1.29, 1.82) is 0 Å². The first kappa shape index (κ1) is 11.0. The number of nitrogens with zero attached hydrogens (tertiary/aromatic N) is 3. The Hall–Kier alpha value is -2.48. The van der Waals surface area contributed by atoms with E-state index in [9.17, 15) is 10.1 Å². The first-order valence-corrected chi connectivity index (χ1v) is 4.71. The number of nitrogens with two attached hydrogens (primary N) is 2. The van der Waals surface area contributed by atoms with Crippen LogP contribution in [0, 0.1) is 10.1 Å². The fourth-order valence-corrected chi connectivity index (χ4v) is 1.43. The van der Waals surface area contributed by atoms with Crippen LogP contribution in [0.2, 0.25) is 0 Å². The molecule has 0 fully saturated rings. The molecule has 0 aliphatic carbocycles. The van der Waals surface area contributed by atoms with Gasteiger partial charge in [-0.25, -0.2) is 9.98 Å². The molecule has 88 valence electrons. The zero-order valence-corrected chi connectivity index (χ0v) is 8.70. The Bertz CT molecular complexity index is 526. The first-order chi connectivity index (χ1) is 8.01. The van der Waals surface area contributed by atoms with Crippen LogP contribution < -0.4 is 16.8 Å². The molecule has 0 radical (unpaired) electrons. The van der Waals surface area contributed by atoms with Crippen molar-refractivity contribution < 1.29 is 4.92 Å². The summed E-state index contributed by atoms with van der Waals surface area (Å²) in [6.07, 6.45) is 1.31. The highest BCUT2D eigenvalue weighted by Gasteiger charge is 2.29. The fourth-order valence-electron chi connectivity index (χ4n) is 1.43. The minimum Gasteiger partial charge on any atom is -0.370 e. The van der Waals surface area contributed by atoms with Crippen LogP contribution in [-0.2, 0) is 5.79 Å². The van der Waals surface area contributed by atoms with Crippen LogP contribution in [0.3, 0.4) is 0 Å². The van der Waals surface area contributed by atoms with Crippen LogP contribution in [-0.4, -0.2) is 17.2 Å². The number of nitrogens with one attached hydrogen (secondary N) is 1. The predicted molar refractivity (Wildman–Crippen MR) is 62.2 cm³/mol. The van der Waals surface area contributed by atoms with Crippen LogP contribution in [0.5, 0.6) is 0 Å². The average Bonchev–Trinajstić information content (AvgIpc) is 2.29. The summed E-state index contributed by atoms with van der Waals surface area (Å²) in [4.78, 5) is 18.0. The summed E-state index contributed by atoms with van der Waals surface area (Å²) in [5.74, 6) is -1.31. The number of benzene rings is 1. The van der Waals surface area contributed by atoms with E-state index in [1.54, 1.807) is 6.07 Å². The van der Waals surface area contributed by atoms with E-state index in [-0.39, 0.29) is 11.6 Å².